The highest BCUT2D eigenvalue weighted by Crippen LogP contribution is 2.25. The first kappa shape index (κ1) is 11.8. The first-order chi connectivity index (χ1) is 10.4. The summed E-state index contributed by atoms with van der Waals surface area (Å²) in [6.07, 6.45) is 7.14. The van der Waals surface area contributed by atoms with E-state index >= 15 is 0 Å². The molecule has 100 valence electrons. The van der Waals surface area contributed by atoms with E-state index < -0.39 is 0 Å². The number of aromatic nitrogens is 4. The average molecular weight is 272 g/mol. The summed E-state index contributed by atoms with van der Waals surface area (Å²) in [6, 6.07) is 14.1. The second-order valence-electron chi connectivity index (χ2n) is 4.79. The quantitative estimate of drug-likeness (QED) is 0.605. The molecule has 0 radical (unpaired) electrons. The number of fused-ring (bicyclic) bond motifs is 1. The van der Waals surface area contributed by atoms with E-state index in [-0.39, 0.29) is 0 Å². The number of H-pyrrole nitrogens is 1. The minimum absolute atomic E-state index is 0.860. The zero-order chi connectivity index (χ0) is 14.1. The largest absolute Gasteiger partial charge is 0.338 e. The first-order valence-electron chi connectivity index (χ1n) is 6.71. The van der Waals surface area contributed by atoms with Gasteiger partial charge in [-0.3, -0.25) is 9.97 Å². The van der Waals surface area contributed by atoms with Gasteiger partial charge in [-0.2, -0.15) is 0 Å². The lowest BCUT2D eigenvalue weighted by molar-refractivity contribution is 1.28. The molecule has 0 unspecified atom stereocenters. The number of hydrogen-bond acceptors (Lipinski definition) is 3. The lowest BCUT2D eigenvalue weighted by atomic mass is 10.1. The van der Waals surface area contributed by atoms with Crippen molar-refractivity contribution in [2.75, 3.05) is 0 Å². The van der Waals surface area contributed by atoms with E-state index in [1.54, 1.807) is 24.8 Å². The van der Waals surface area contributed by atoms with Gasteiger partial charge in [0.2, 0.25) is 0 Å². The van der Waals surface area contributed by atoms with Gasteiger partial charge in [-0.25, -0.2) is 4.98 Å². The van der Waals surface area contributed by atoms with E-state index in [1.807, 2.05) is 30.3 Å². The number of hydrogen-bond donors (Lipinski definition) is 1. The Morgan fingerprint density at radius 1 is 0.667 bits per heavy atom. The van der Waals surface area contributed by atoms with Crippen LogP contribution in [0.4, 0.5) is 0 Å². The van der Waals surface area contributed by atoms with Crippen LogP contribution in [0, 0.1) is 0 Å². The number of imidazole rings is 1. The molecule has 0 fully saturated rings. The zero-order valence-electron chi connectivity index (χ0n) is 11.2. The molecule has 0 aliphatic heterocycles. The lowest BCUT2D eigenvalue weighted by Crippen LogP contribution is -1.79. The summed E-state index contributed by atoms with van der Waals surface area (Å²) in [5, 5.41) is 0. The molecule has 1 N–H and O–H groups in total. The summed E-state index contributed by atoms with van der Waals surface area (Å²) < 4.78 is 0. The topological polar surface area (TPSA) is 54.5 Å². The number of aromatic amines is 1. The van der Waals surface area contributed by atoms with Crippen LogP contribution in [0.5, 0.6) is 0 Å². The second kappa shape index (κ2) is 4.83. The van der Waals surface area contributed by atoms with Gasteiger partial charge >= 0.3 is 0 Å². The van der Waals surface area contributed by atoms with Gasteiger partial charge in [-0.05, 0) is 47.5 Å². The Kier molecular flexibility index (Phi) is 2.71. The molecule has 4 nitrogen and oxygen atoms in total. The van der Waals surface area contributed by atoms with E-state index in [1.165, 1.54) is 0 Å². The molecular weight excluding hydrogens is 260 g/mol. The Labute approximate surface area is 121 Å². The van der Waals surface area contributed by atoms with Crippen molar-refractivity contribution in [1.82, 2.24) is 19.9 Å². The van der Waals surface area contributed by atoms with Crippen LogP contribution >= 0.6 is 0 Å². The Bertz CT molecular complexity index is 845. The van der Waals surface area contributed by atoms with Gasteiger partial charge in [0, 0.05) is 30.4 Å². The fraction of sp³-hybridized carbons (Fsp3) is 0. The molecule has 0 aliphatic carbocycles. The third-order valence-electron chi connectivity index (χ3n) is 3.45. The fourth-order valence-corrected chi connectivity index (χ4v) is 2.38. The van der Waals surface area contributed by atoms with E-state index in [2.05, 4.69) is 32.1 Å². The average Bonchev–Trinajstić information content (AvgIpc) is 2.99. The molecule has 21 heavy (non-hydrogen) atoms. The maximum Gasteiger partial charge on any atom is 0.138 e. The smallest absolute Gasteiger partial charge is 0.138 e. The molecule has 4 aromatic rings. The summed E-state index contributed by atoms with van der Waals surface area (Å²) in [6.45, 7) is 0. The van der Waals surface area contributed by atoms with Crippen molar-refractivity contribution in [3.63, 3.8) is 0 Å². The van der Waals surface area contributed by atoms with Crippen molar-refractivity contribution in [3.05, 3.63) is 67.3 Å². The highest BCUT2D eigenvalue weighted by molar-refractivity contribution is 5.84. The highest BCUT2D eigenvalue weighted by atomic mass is 14.9. The number of pyridine rings is 2. The summed E-state index contributed by atoms with van der Waals surface area (Å²) in [5.41, 5.74) is 5.31. The molecule has 0 spiro atoms. The van der Waals surface area contributed by atoms with Gasteiger partial charge in [-0.15, -0.1) is 0 Å². The van der Waals surface area contributed by atoms with Crippen LogP contribution in [0.25, 0.3) is 33.5 Å². The predicted molar refractivity (Wildman–Crippen MR) is 82.6 cm³/mol. The number of nitrogens with zero attached hydrogens (tertiary/aromatic N) is 3. The standard InChI is InChI=1S/C17H12N4/c1-2-15-16(11-14(1)12-3-7-18-8-4-12)21-17(20-15)13-5-9-19-10-6-13/h1-11H,(H,20,21). The van der Waals surface area contributed by atoms with Crippen LogP contribution in [-0.4, -0.2) is 19.9 Å². The van der Waals surface area contributed by atoms with Crippen LogP contribution in [-0.2, 0) is 0 Å². The molecule has 0 saturated carbocycles. The Morgan fingerprint density at radius 2 is 1.33 bits per heavy atom. The first-order valence-corrected chi connectivity index (χ1v) is 6.71. The second-order valence-corrected chi connectivity index (χ2v) is 4.79. The van der Waals surface area contributed by atoms with Crippen molar-refractivity contribution in [2.45, 2.75) is 0 Å². The SMILES string of the molecule is c1cc(-c2ccc3nc(-c4ccncc4)[nH]c3c2)ccn1. The molecule has 0 atom stereocenters. The fourth-order valence-electron chi connectivity index (χ4n) is 2.38. The minimum Gasteiger partial charge on any atom is -0.338 e. The van der Waals surface area contributed by atoms with E-state index in [9.17, 15) is 0 Å². The molecule has 0 saturated heterocycles. The summed E-state index contributed by atoms with van der Waals surface area (Å²) in [4.78, 5) is 16.1. The molecule has 3 aromatic heterocycles. The molecule has 0 aliphatic rings. The molecule has 0 bridgehead atoms. The van der Waals surface area contributed by atoms with Gasteiger partial charge in [0.1, 0.15) is 5.82 Å². The number of benzene rings is 1. The van der Waals surface area contributed by atoms with Gasteiger partial charge in [0.25, 0.3) is 0 Å². The molecule has 3 heterocycles. The van der Waals surface area contributed by atoms with Crippen molar-refractivity contribution in [2.24, 2.45) is 0 Å². The third-order valence-corrected chi connectivity index (χ3v) is 3.45. The Morgan fingerprint density at radius 3 is 2.05 bits per heavy atom. The van der Waals surface area contributed by atoms with Crippen LogP contribution in [0.15, 0.2) is 67.3 Å². The van der Waals surface area contributed by atoms with E-state index in [0.29, 0.717) is 0 Å². The van der Waals surface area contributed by atoms with Crippen molar-refractivity contribution >= 4 is 11.0 Å². The van der Waals surface area contributed by atoms with Crippen molar-refractivity contribution < 1.29 is 0 Å². The van der Waals surface area contributed by atoms with Gasteiger partial charge in [0.05, 0.1) is 11.0 Å². The van der Waals surface area contributed by atoms with Gasteiger partial charge < -0.3 is 4.98 Å². The predicted octanol–water partition coefficient (Wildman–Crippen LogP) is 3.69. The van der Waals surface area contributed by atoms with E-state index in [4.69, 9.17) is 0 Å². The lowest BCUT2D eigenvalue weighted by Gasteiger charge is -2.00. The summed E-state index contributed by atoms with van der Waals surface area (Å²) in [5.74, 6) is 0.860. The van der Waals surface area contributed by atoms with Gasteiger partial charge in [-0.1, -0.05) is 6.07 Å². The van der Waals surface area contributed by atoms with Gasteiger partial charge in [0.15, 0.2) is 0 Å². The normalized spacial score (nSPS) is 10.9. The number of nitrogens with one attached hydrogen (secondary N) is 1. The minimum atomic E-state index is 0.860. The highest BCUT2D eigenvalue weighted by Gasteiger charge is 2.06. The van der Waals surface area contributed by atoms with Crippen LogP contribution < -0.4 is 0 Å². The molecule has 0 amide bonds. The zero-order valence-corrected chi connectivity index (χ0v) is 11.2. The van der Waals surface area contributed by atoms with Crippen molar-refractivity contribution in [1.29, 1.82) is 0 Å². The molecular formula is C17H12N4. The van der Waals surface area contributed by atoms with Crippen LogP contribution in [0.1, 0.15) is 0 Å². The maximum atomic E-state index is 4.62. The van der Waals surface area contributed by atoms with Crippen LogP contribution in [0.2, 0.25) is 0 Å². The third kappa shape index (κ3) is 2.17. The molecule has 4 rings (SSSR count). The Balaban J connectivity index is 1.82. The Hall–Kier alpha value is -3.01. The molecule has 1 aromatic carbocycles. The summed E-state index contributed by atoms with van der Waals surface area (Å²) in [7, 11) is 0. The summed E-state index contributed by atoms with van der Waals surface area (Å²) >= 11 is 0. The van der Waals surface area contributed by atoms with Crippen molar-refractivity contribution in [3.8, 4) is 22.5 Å². The van der Waals surface area contributed by atoms with Crippen LogP contribution in [0.3, 0.4) is 0 Å². The molecule has 4 heteroatoms. The van der Waals surface area contributed by atoms with E-state index in [0.717, 1.165) is 33.5 Å². The monoisotopic (exact) mass is 272 g/mol. The number of rotatable bonds is 2. The maximum absolute atomic E-state index is 4.62.